The van der Waals surface area contributed by atoms with Gasteiger partial charge in [-0.15, -0.1) is 11.6 Å². The molecule has 0 aromatic heterocycles. The number of rotatable bonds is 2. The number of nitrogens with two attached hydrogens (primary N) is 1. The van der Waals surface area contributed by atoms with Gasteiger partial charge in [0.1, 0.15) is 0 Å². The van der Waals surface area contributed by atoms with Crippen molar-refractivity contribution in [3.8, 4) is 6.07 Å². The Morgan fingerprint density at radius 3 is 2.78 bits per heavy atom. The number of aliphatic imine (C=N–C) groups is 1. The Hall–Kier alpha value is -2.00. The number of nitriles is 1. The molecule has 0 bridgehead atoms. The van der Waals surface area contributed by atoms with Crippen LogP contribution >= 0.6 is 11.6 Å². The topological polar surface area (TPSA) is 62.2 Å². The van der Waals surface area contributed by atoms with E-state index in [4.69, 9.17) is 22.6 Å². The maximum atomic E-state index is 12.8. The molecule has 0 spiro atoms. The van der Waals surface area contributed by atoms with E-state index >= 15 is 0 Å². The van der Waals surface area contributed by atoms with Gasteiger partial charge in [0.25, 0.3) is 0 Å². The molecule has 122 valence electrons. The van der Waals surface area contributed by atoms with Crippen LogP contribution in [0.4, 0.5) is 18.9 Å². The second kappa shape index (κ2) is 7.05. The van der Waals surface area contributed by atoms with Crippen LogP contribution < -0.4 is 5.73 Å². The zero-order chi connectivity index (χ0) is 17.0. The van der Waals surface area contributed by atoms with Gasteiger partial charge in [-0.05, 0) is 36.6 Å². The number of halogens is 4. The summed E-state index contributed by atoms with van der Waals surface area (Å²) in [5.74, 6) is -0.0971. The van der Waals surface area contributed by atoms with Gasteiger partial charge in [0.05, 0.1) is 29.1 Å². The predicted octanol–water partition coefficient (Wildman–Crippen LogP) is 4.55. The van der Waals surface area contributed by atoms with Gasteiger partial charge in [-0.2, -0.15) is 18.4 Å². The predicted molar refractivity (Wildman–Crippen MR) is 83.4 cm³/mol. The maximum absolute atomic E-state index is 12.8. The van der Waals surface area contributed by atoms with Crippen molar-refractivity contribution in [3.63, 3.8) is 0 Å². The van der Waals surface area contributed by atoms with E-state index in [1.807, 2.05) is 0 Å². The molecule has 2 rings (SSSR count). The second-order valence-electron chi connectivity index (χ2n) is 5.31. The van der Waals surface area contributed by atoms with Gasteiger partial charge in [-0.1, -0.05) is 6.07 Å². The van der Waals surface area contributed by atoms with E-state index in [0.717, 1.165) is 17.7 Å². The minimum Gasteiger partial charge on any atom is -0.401 e. The quantitative estimate of drug-likeness (QED) is 0.802. The SMILES string of the molecule is N#CC1CC/C(=C(/N)CCl)C(=Nc2cccc(C(F)(F)F)c2)C1. The van der Waals surface area contributed by atoms with Crippen molar-refractivity contribution >= 4 is 23.0 Å². The molecule has 0 radical (unpaired) electrons. The summed E-state index contributed by atoms with van der Waals surface area (Å²) in [7, 11) is 0. The average Bonchev–Trinajstić information content (AvgIpc) is 2.53. The van der Waals surface area contributed by atoms with Crippen LogP contribution in [0.15, 0.2) is 40.5 Å². The molecule has 1 fully saturated rings. The van der Waals surface area contributed by atoms with Crippen molar-refractivity contribution in [1.82, 2.24) is 0 Å². The van der Waals surface area contributed by atoms with Crippen LogP contribution in [0.2, 0.25) is 0 Å². The van der Waals surface area contributed by atoms with Crippen LogP contribution in [0.3, 0.4) is 0 Å². The summed E-state index contributed by atoms with van der Waals surface area (Å²) in [6, 6.07) is 6.95. The summed E-state index contributed by atoms with van der Waals surface area (Å²) in [6.07, 6.45) is -2.87. The third-order valence-corrected chi connectivity index (χ3v) is 3.97. The molecule has 2 N–H and O–H groups in total. The van der Waals surface area contributed by atoms with Gasteiger partial charge in [-0.25, -0.2) is 0 Å². The number of nitrogens with zero attached hydrogens (tertiary/aromatic N) is 2. The monoisotopic (exact) mass is 341 g/mol. The average molecular weight is 342 g/mol. The molecular weight excluding hydrogens is 327 g/mol. The van der Waals surface area contributed by atoms with Crippen molar-refractivity contribution in [2.24, 2.45) is 16.6 Å². The molecule has 3 nitrogen and oxygen atoms in total. The first kappa shape index (κ1) is 17.4. The van der Waals surface area contributed by atoms with Gasteiger partial charge in [0, 0.05) is 17.8 Å². The largest absolute Gasteiger partial charge is 0.416 e. The minimum atomic E-state index is -4.42. The third-order valence-electron chi connectivity index (χ3n) is 3.68. The first-order valence-electron chi connectivity index (χ1n) is 7.03. The highest BCUT2D eigenvalue weighted by atomic mass is 35.5. The molecule has 0 amide bonds. The molecule has 0 heterocycles. The molecule has 1 aliphatic rings. The summed E-state index contributed by atoms with van der Waals surface area (Å²) in [5, 5.41) is 9.08. The highest BCUT2D eigenvalue weighted by Crippen LogP contribution is 2.33. The van der Waals surface area contributed by atoms with E-state index in [1.54, 1.807) is 0 Å². The first-order valence-corrected chi connectivity index (χ1v) is 7.57. The summed E-state index contributed by atoms with van der Waals surface area (Å²) in [4.78, 5) is 4.31. The molecule has 1 atom stereocenters. The Labute approximate surface area is 137 Å². The van der Waals surface area contributed by atoms with Crippen LogP contribution in [0.1, 0.15) is 24.8 Å². The van der Waals surface area contributed by atoms with E-state index < -0.39 is 11.7 Å². The number of hydrogen-bond acceptors (Lipinski definition) is 3. The van der Waals surface area contributed by atoms with Crippen LogP contribution in [0.5, 0.6) is 0 Å². The fourth-order valence-electron chi connectivity index (χ4n) is 2.48. The summed E-state index contributed by atoms with van der Waals surface area (Å²) in [5.41, 5.74) is 7.04. The molecule has 0 saturated heterocycles. The fraction of sp³-hybridized carbons (Fsp3) is 0.375. The highest BCUT2D eigenvalue weighted by Gasteiger charge is 2.30. The van der Waals surface area contributed by atoms with E-state index in [-0.39, 0.29) is 17.5 Å². The minimum absolute atomic E-state index is 0.119. The van der Waals surface area contributed by atoms with E-state index in [1.165, 1.54) is 12.1 Å². The summed E-state index contributed by atoms with van der Waals surface area (Å²) >= 11 is 5.76. The lowest BCUT2D eigenvalue weighted by atomic mass is 9.84. The Morgan fingerprint density at radius 1 is 1.43 bits per heavy atom. The standard InChI is InChI=1S/C16H15ClF3N3/c17-8-14(22)13-5-4-10(9-21)6-15(13)23-12-3-1-2-11(7-12)16(18,19)20/h1-3,7,10H,4-6,8,22H2/b14-13-,23-15?. The third kappa shape index (κ3) is 4.26. The Balaban J connectivity index is 2.43. The smallest absolute Gasteiger partial charge is 0.401 e. The molecule has 1 unspecified atom stereocenters. The molecule has 1 aliphatic carbocycles. The second-order valence-corrected chi connectivity index (χ2v) is 5.58. The van der Waals surface area contributed by atoms with Gasteiger partial charge < -0.3 is 5.73 Å². The van der Waals surface area contributed by atoms with Crippen molar-refractivity contribution in [2.75, 3.05) is 5.88 Å². The van der Waals surface area contributed by atoms with Crippen molar-refractivity contribution < 1.29 is 13.2 Å². The van der Waals surface area contributed by atoms with E-state index in [9.17, 15) is 13.2 Å². The van der Waals surface area contributed by atoms with Crippen LogP contribution in [0.25, 0.3) is 0 Å². The van der Waals surface area contributed by atoms with Gasteiger partial charge in [0.15, 0.2) is 0 Å². The zero-order valence-corrected chi connectivity index (χ0v) is 13.0. The molecule has 1 aromatic rings. The van der Waals surface area contributed by atoms with E-state index in [0.29, 0.717) is 30.7 Å². The molecule has 1 aromatic carbocycles. The first-order chi connectivity index (χ1) is 10.8. The Kier molecular flexibility index (Phi) is 5.32. The molecule has 1 saturated carbocycles. The number of allylic oxidation sites excluding steroid dienone is 2. The number of alkyl halides is 4. The van der Waals surface area contributed by atoms with Gasteiger partial charge in [-0.3, -0.25) is 4.99 Å². The lowest BCUT2D eigenvalue weighted by Gasteiger charge is -2.22. The summed E-state index contributed by atoms with van der Waals surface area (Å²) < 4.78 is 38.4. The van der Waals surface area contributed by atoms with Gasteiger partial charge >= 0.3 is 6.18 Å². The maximum Gasteiger partial charge on any atom is 0.416 e. The van der Waals surface area contributed by atoms with E-state index in [2.05, 4.69) is 11.1 Å². The lowest BCUT2D eigenvalue weighted by molar-refractivity contribution is -0.137. The number of benzene rings is 1. The zero-order valence-electron chi connectivity index (χ0n) is 12.2. The van der Waals surface area contributed by atoms with Crippen molar-refractivity contribution in [1.29, 1.82) is 5.26 Å². The normalized spacial score (nSPS) is 22.7. The number of hydrogen-bond donors (Lipinski definition) is 1. The molecule has 7 heteroatoms. The Bertz CT molecular complexity index is 687. The van der Waals surface area contributed by atoms with Crippen LogP contribution in [0, 0.1) is 17.2 Å². The lowest BCUT2D eigenvalue weighted by Crippen LogP contribution is -2.21. The fourth-order valence-corrected chi connectivity index (χ4v) is 2.64. The van der Waals surface area contributed by atoms with Crippen LogP contribution in [-0.4, -0.2) is 11.6 Å². The molecule has 23 heavy (non-hydrogen) atoms. The molecule has 0 aliphatic heterocycles. The van der Waals surface area contributed by atoms with Crippen molar-refractivity contribution in [3.05, 3.63) is 41.1 Å². The summed E-state index contributed by atoms with van der Waals surface area (Å²) in [6.45, 7) is 0. The molecular formula is C16H15ClF3N3. The van der Waals surface area contributed by atoms with Crippen LogP contribution in [-0.2, 0) is 6.18 Å². The highest BCUT2D eigenvalue weighted by molar-refractivity contribution is 6.20. The Morgan fingerprint density at radius 2 is 2.17 bits per heavy atom. The van der Waals surface area contributed by atoms with Gasteiger partial charge in [0.2, 0.25) is 0 Å². The van der Waals surface area contributed by atoms with Crippen molar-refractivity contribution in [2.45, 2.75) is 25.4 Å².